The van der Waals surface area contributed by atoms with E-state index in [0.717, 1.165) is 11.8 Å². The molecule has 1 aromatic carbocycles. The van der Waals surface area contributed by atoms with Gasteiger partial charge < -0.3 is 4.18 Å². The Morgan fingerprint density at radius 2 is 2.07 bits per heavy atom. The largest absolute Gasteiger partial charge is 0.388 e. The summed E-state index contributed by atoms with van der Waals surface area (Å²) in [6.45, 7) is 5.00. The first kappa shape index (κ1) is 13.7. The second kappa shape index (κ2) is 5.56. The van der Waals surface area contributed by atoms with Crippen molar-refractivity contribution < 1.29 is 12.6 Å². The Balaban J connectivity index is 0.00000169. The van der Waals surface area contributed by atoms with Gasteiger partial charge in [0.15, 0.2) is 0 Å². The third kappa shape index (κ3) is 3.46. The Hall–Kier alpha value is -0.290. The molecular weight excluding hydrogens is 211 g/mol. The minimum Gasteiger partial charge on any atom is -0.388 e. The molecule has 0 saturated carbocycles. The molecule has 14 heavy (non-hydrogen) atoms. The Morgan fingerprint density at radius 3 is 2.57 bits per heavy atom. The Morgan fingerprint density at radius 1 is 1.43 bits per heavy atom. The van der Waals surface area contributed by atoms with Gasteiger partial charge in [-0.25, -0.2) is 0 Å². The summed E-state index contributed by atoms with van der Waals surface area (Å²) in [5.74, 6) is 0. The second-order valence-electron chi connectivity index (χ2n) is 2.53. The summed E-state index contributed by atoms with van der Waals surface area (Å²) in [4.78, 5) is 0.146. The van der Waals surface area contributed by atoms with Gasteiger partial charge in [-0.05, 0) is 24.6 Å². The van der Waals surface area contributed by atoms with Crippen molar-refractivity contribution in [2.75, 3.05) is 0 Å². The van der Waals surface area contributed by atoms with Gasteiger partial charge in [-0.15, -0.1) is 0 Å². The molecule has 0 aliphatic rings. The van der Waals surface area contributed by atoms with Crippen LogP contribution in [0.25, 0.3) is 0 Å². The molecule has 0 N–H and O–H groups in total. The van der Waals surface area contributed by atoms with Gasteiger partial charge in [-0.1, -0.05) is 18.7 Å². The average Bonchev–Trinajstić information content (AvgIpc) is 2.04. The molecule has 0 unspecified atom stereocenters. The maximum absolute atomic E-state index is 11.3. The zero-order chi connectivity index (χ0) is 9.90. The fourth-order valence-corrected chi connectivity index (χ4v) is 1.78. The minimum absolute atomic E-state index is 0. The van der Waals surface area contributed by atoms with Crippen LogP contribution in [-0.2, 0) is 14.3 Å². The summed E-state index contributed by atoms with van der Waals surface area (Å²) < 4.78 is 27.0. The molecular formula is C9H10NaO3S. The van der Waals surface area contributed by atoms with Gasteiger partial charge >= 0.3 is 10.1 Å². The number of hydrogen-bond donors (Lipinski definition) is 0. The molecule has 0 aliphatic carbocycles. The monoisotopic (exact) mass is 221 g/mol. The SMILES string of the molecule is C=COS(=O)(=O)c1cccc(C)c1.[Na]. The molecule has 0 bridgehead atoms. The van der Waals surface area contributed by atoms with Crippen molar-refractivity contribution in [3.8, 4) is 0 Å². The van der Waals surface area contributed by atoms with Crippen molar-refractivity contribution in [3.63, 3.8) is 0 Å². The third-order valence-corrected chi connectivity index (χ3v) is 2.69. The average molecular weight is 221 g/mol. The van der Waals surface area contributed by atoms with Crippen LogP contribution in [0.4, 0.5) is 0 Å². The topological polar surface area (TPSA) is 43.4 Å². The predicted molar refractivity (Wildman–Crippen MR) is 55.4 cm³/mol. The molecule has 0 amide bonds. The molecule has 0 spiro atoms. The first-order chi connectivity index (χ1) is 6.06. The Labute approximate surface area is 106 Å². The van der Waals surface area contributed by atoms with Crippen LogP contribution in [-0.4, -0.2) is 38.0 Å². The first-order valence-electron chi connectivity index (χ1n) is 3.67. The van der Waals surface area contributed by atoms with E-state index < -0.39 is 10.1 Å². The van der Waals surface area contributed by atoms with E-state index in [-0.39, 0.29) is 34.5 Å². The maximum Gasteiger partial charge on any atom is 0.338 e. The van der Waals surface area contributed by atoms with Crippen LogP contribution < -0.4 is 0 Å². The molecule has 5 heteroatoms. The van der Waals surface area contributed by atoms with Crippen LogP contribution in [0.5, 0.6) is 0 Å². The van der Waals surface area contributed by atoms with E-state index in [4.69, 9.17) is 0 Å². The van der Waals surface area contributed by atoms with E-state index in [2.05, 4.69) is 10.8 Å². The molecule has 0 fully saturated rings. The molecule has 1 radical (unpaired) electrons. The molecule has 3 nitrogen and oxygen atoms in total. The van der Waals surface area contributed by atoms with Crippen LogP contribution in [0.3, 0.4) is 0 Å². The maximum atomic E-state index is 11.3. The van der Waals surface area contributed by atoms with Crippen LogP contribution in [0.15, 0.2) is 42.0 Å². The van der Waals surface area contributed by atoms with E-state index in [1.807, 2.05) is 13.0 Å². The van der Waals surface area contributed by atoms with Crippen molar-refractivity contribution in [3.05, 3.63) is 42.7 Å². The fraction of sp³-hybridized carbons (Fsp3) is 0.111. The standard InChI is InChI=1S/C9H10O3S.Na/c1-3-12-13(10,11)9-6-4-5-8(2)7-9;/h3-7H,1H2,2H3;. The fourth-order valence-electron chi connectivity index (χ4n) is 0.916. The van der Waals surface area contributed by atoms with Gasteiger partial charge in [0.2, 0.25) is 0 Å². The molecule has 0 atom stereocenters. The number of aryl methyl sites for hydroxylation is 1. The van der Waals surface area contributed by atoms with Gasteiger partial charge in [0.1, 0.15) is 4.90 Å². The predicted octanol–water partition coefficient (Wildman–Crippen LogP) is 1.46. The first-order valence-corrected chi connectivity index (χ1v) is 5.08. The van der Waals surface area contributed by atoms with Crippen molar-refractivity contribution in [2.24, 2.45) is 0 Å². The van der Waals surface area contributed by atoms with Crippen LogP contribution >= 0.6 is 0 Å². The molecule has 71 valence electrons. The zero-order valence-corrected chi connectivity index (χ0v) is 11.0. The Kier molecular flexibility index (Phi) is 5.44. The van der Waals surface area contributed by atoms with Crippen molar-refractivity contribution in [2.45, 2.75) is 11.8 Å². The van der Waals surface area contributed by atoms with E-state index in [0.29, 0.717) is 0 Å². The molecule has 0 heterocycles. The Bertz CT molecular complexity index is 412. The molecule has 0 aliphatic heterocycles. The van der Waals surface area contributed by atoms with E-state index in [1.54, 1.807) is 12.1 Å². The smallest absolute Gasteiger partial charge is 0.338 e. The second-order valence-corrected chi connectivity index (χ2v) is 4.11. The molecule has 0 saturated heterocycles. The van der Waals surface area contributed by atoms with E-state index in [9.17, 15) is 8.42 Å². The normalized spacial score (nSPS) is 10.1. The number of rotatable bonds is 3. The molecule has 0 aromatic heterocycles. The van der Waals surface area contributed by atoms with Crippen LogP contribution in [0.1, 0.15) is 5.56 Å². The molecule has 1 aromatic rings. The van der Waals surface area contributed by atoms with Gasteiger partial charge in [-0.2, -0.15) is 8.42 Å². The quantitative estimate of drug-likeness (QED) is 0.441. The summed E-state index contributed by atoms with van der Waals surface area (Å²) in [5, 5.41) is 0. The van der Waals surface area contributed by atoms with Crippen molar-refractivity contribution in [1.29, 1.82) is 0 Å². The van der Waals surface area contributed by atoms with Gasteiger partial charge in [0.05, 0.1) is 6.26 Å². The van der Waals surface area contributed by atoms with Crippen LogP contribution in [0.2, 0.25) is 0 Å². The summed E-state index contributed by atoms with van der Waals surface area (Å²) >= 11 is 0. The zero-order valence-electron chi connectivity index (χ0n) is 8.23. The molecule has 1 rings (SSSR count). The third-order valence-electron chi connectivity index (χ3n) is 1.47. The van der Waals surface area contributed by atoms with Gasteiger partial charge in [0, 0.05) is 29.6 Å². The number of hydrogen-bond acceptors (Lipinski definition) is 3. The van der Waals surface area contributed by atoms with Gasteiger partial charge in [-0.3, -0.25) is 0 Å². The number of benzene rings is 1. The van der Waals surface area contributed by atoms with Crippen molar-refractivity contribution in [1.82, 2.24) is 0 Å². The van der Waals surface area contributed by atoms with E-state index in [1.165, 1.54) is 6.07 Å². The summed E-state index contributed by atoms with van der Waals surface area (Å²) in [5.41, 5.74) is 0.869. The summed E-state index contributed by atoms with van der Waals surface area (Å²) in [7, 11) is -3.65. The summed E-state index contributed by atoms with van der Waals surface area (Å²) in [6, 6.07) is 6.49. The minimum atomic E-state index is -3.65. The van der Waals surface area contributed by atoms with E-state index >= 15 is 0 Å². The summed E-state index contributed by atoms with van der Waals surface area (Å²) in [6.07, 6.45) is 0.900. The van der Waals surface area contributed by atoms with Crippen molar-refractivity contribution >= 4 is 39.7 Å². The van der Waals surface area contributed by atoms with Gasteiger partial charge in [0.25, 0.3) is 0 Å². The van der Waals surface area contributed by atoms with Crippen LogP contribution in [0, 0.1) is 6.92 Å².